The molecule has 2 aromatic rings. The Balaban J connectivity index is 1.51. The molecule has 0 aromatic heterocycles. The van der Waals surface area contributed by atoms with Crippen LogP contribution in [0.5, 0.6) is 0 Å². The maximum atomic E-state index is 13.4. The monoisotopic (exact) mass is 419 g/mol. The van der Waals surface area contributed by atoms with Gasteiger partial charge in [-0.25, -0.2) is 0 Å². The highest BCUT2D eigenvalue weighted by atomic mass is 16.2. The quantitative estimate of drug-likeness (QED) is 0.711. The van der Waals surface area contributed by atoms with Gasteiger partial charge in [-0.1, -0.05) is 43.2 Å². The van der Waals surface area contributed by atoms with E-state index < -0.39 is 0 Å². The molecule has 0 heterocycles. The van der Waals surface area contributed by atoms with E-state index in [0.717, 1.165) is 62.6 Å². The summed E-state index contributed by atoms with van der Waals surface area (Å²) in [6.45, 7) is 0.529. The molecule has 31 heavy (non-hydrogen) atoms. The van der Waals surface area contributed by atoms with Crippen LogP contribution >= 0.6 is 0 Å². The largest absolute Gasteiger partial charge is 0.331 e. The summed E-state index contributed by atoms with van der Waals surface area (Å²) in [4.78, 5) is 27.9. The first-order valence-electron chi connectivity index (χ1n) is 11.6. The van der Waals surface area contributed by atoms with Crippen LogP contribution in [-0.4, -0.2) is 28.8 Å². The fraction of sp³-hybridized carbons (Fsp3) is 0.462. The van der Waals surface area contributed by atoms with Crippen molar-refractivity contribution in [2.75, 3.05) is 5.32 Å². The van der Waals surface area contributed by atoms with E-state index in [-0.39, 0.29) is 29.8 Å². The van der Waals surface area contributed by atoms with Gasteiger partial charge in [0, 0.05) is 35.8 Å². The molecule has 2 aromatic carbocycles. The molecule has 3 N–H and O–H groups in total. The van der Waals surface area contributed by atoms with Gasteiger partial charge in [0.05, 0.1) is 0 Å². The van der Waals surface area contributed by atoms with E-state index in [1.807, 2.05) is 59.5 Å². The second-order valence-corrected chi connectivity index (χ2v) is 9.04. The number of hydrogen-bond acceptors (Lipinski definition) is 3. The highest BCUT2D eigenvalue weighted by Crippen LogP contribution is 2.28. The lowest BCUT2D eigenvalue weighted by Crippen LogP contribution is -2.43. The van der Waals surface area contributed by atoms with Crippen LogP contribution in [0.25, 0.3) is 0 Å². The Labute approximate surface area is 185 Å². The Bertz CT molecular complexity index is 885. The molecule has 2 amide bonds. The number of carbonyl (C=O) groups excluding carboxylic acids is 2. The summed E-state index contributed by atoms with van der Waals surface area (Å²) in [5.41, 5.74) is 8.67. The Kier molecular flexibility index (Phi) is 7.03. The molecular weight excluding hydrogens is 386 g/mol. The summed E-state index contributed by atoms with van der Waals surface area (Å²) >= 11 is 0. The van der Waals surface area contributed by atoms with Gasteiger partial charge in [0.2, 0.25) is 5.91 Å². The van der Waals surface area contributed by atoms with Gasteiger partial charge in [0.15, 0.2) is 0 Å². The van der Waals surface area contributed by atoms with Gasteiger partial charge in [-0.2, -0.15) is 0 Å². The predicted molar refractivity (Wildman–Crippen MR) is 124 cm³/mol. The SMILES string of the molecule is NC1CCC(N(Cc2cccc(NC(=O)C3CCCC3)c2)C(=O)c2ccccc2)CC1. The Morgan fingerprint density at radius 2 is 1.61 bits per heavy atom. The second kappa shape index (κ2) is 10.1. The minimum absolute atomic E-state index is 0.0569. The average Bonchev–Trinajstić information content (AvgIpc) is 3.34. The molecule has 0 atom stereocenters. The van der Waals surface area contributed by atoms with Crippen molar-refractivity contribution in [1.29, 1.82) is 0 Å². The van der Waals surface area contributed by atoms with Crippen molar-refractivity contribution in [3.8, 4) is 0 Å². The van der Waals surface area contributed by atoms with E-state index >= 15 is 0 Å². The number of carbonyl (C=O) groups is 2. The topological polar surface area (TPSA) is 75.4 Å². The second-order valence-electron chi connectivity index (χ2n) is 9.04. The summed E-state index contributed by atoms with van der Waals surface area (Å²) in [5.74, 6) is 0.306. The first-order chi connectivity index (χ1) is 15.1. The van der Waals surface area contributed by atoms with Crippen molar-refractivity contribution in [2.45, 2.75) is 70.0 Å². The third-order valence-electron chi connectivity index (χ3n) is 6.74. The zero-order chi connectivity index (χ0) is 21.6. The molecule has 0 unspecified atom stereocenters. The lowest BCUT2D eigenvalue weighted by atomic mass is 9.90. The molecule has 5 nitrogen and oxygen atoms in total. The lowest BCUT2D eigenvalue weighted by molar-refractivity contribution is -0.119. The number of nitrogens with zero attached hydrogens (tertiary/aromatic N) is 1. The minimum atomic E-state index is 0.0569. The van der Waals surface area contributed by atoms with Gasteiger partial charge >= 0.3 is 0 Å². The Morgan fingerprint density at radius 1 is 0.903 bits per heavy atom. The summed E-state index contributed by atoms with van der Waals surface area (Å²) < 4.78 is 0. The lowest BCUT2D eigenvalue weighted by Gasteiger charge is -2.36. The molecule has 2 saturated carbocycles. The van der Waals surface area contributed by atoms with Crippen molar-refractivity contribution in [1.82, 2.24) is 4.90 Å². The van der Waals surface area contributed by atoms with Crippen molar-refractivity contribution >= 4 is 17.5 Å². The van der Waals surface area contributed by atoms with E-state index in [1.165, 1.54) is 0 Å². The Hall–Kier alpha value is -2.66. The van der Waals surface area contributed by atoms with Gasteiger partial charge < -0.3 is 16.0 Å². The summed E-state index contributed by atoms with van der Waals surface area (Å²) in [6, 6.07) is 17.8. The van der Waals surface area contributed by atoms with E-state index in [1.54, 1.807) is 0 Å². The molecule has 2 fully saturated rings. The normalized spacial score (nSPS) is 21.6. The van der Waals surface area contributed by atoms with Gasteiger partial charge in [-0.05, 0) is 68.4 Å². The van der Waals surface area contributed by atoms with Crippen LogP contribution in [0.3, 0.4) is 0 Å². The first kappa shape index (κ1) is 21.6. The molecule has 0 bridgehead atoms. The molecule has 5 heteroatoms. The maximum Gasteiger partial charge on any atom is 0.254 e. The van der Waals surface area contributed by atoms with Gasteiger partial charge in [0.1, 0.15) is 0 Å². The number of nitrogens with two attached hydrogens (primary N) is 1. The first-order valence-corrected chi connectivity index (χ1v) is 11.6. The van der Waals surface area contributed by atoms with Crippen molar-refractivity contribution in [3.63, 3.8) is 0 Å². The van der Waals surface area contributed by atoms with E-state index in [0.29, 0.717) is 12.1 Å². The number of anilines is 1. The number of rotatable bonds is 6. The average molecular weight is 420 g/mol. The van der Waals surface area contributed by atoms with Crippen molar-refractivity contribution < 1.29 is 9.59 Å². The van der Waals surface area contributed by atoms with Crippen LogP contribution in [0, 0.1) is 5.92 Å². The molecule has 2 aliphatic rings. The zero-order valence-electron chi connectivity index (χ0n) is 18.1. The molecule has 0 spiro atoms. The predicted octanol–water partition coefficient (Wildman–Crippen LogP) is 4.73. The summed E-state index contributed by atoms with van der Waals surface area (Å²) in [7, 11) is 0. The van der Waals surface area contributed by atoms with Gasteiger partial charge in [-0.3, -0.25) is 9.59 Å². The number of hydrogen-bond donors (Lipinski definition) is 2. The molecule has 0 aliphatic heterocycles. The summed E-state index contributed by atoms with van der Waals surface area (Å²) in [5, 5.41) is 3.08. The molecular formula is C26H33N3O2. The van der Waals surface area contributed by atoms with Gasteiger partial charge in [-0.15, -0.1) is 0 Å². The standard InChI is InChI=1S/C26H33N3O2/c27-22-13-15-24(16-14-22)29(26(31)21-10-2-1-3-11-21)18-19-7-6-12-23(17-19)28-25(30)20-8-4-5-9-20/h1-3,6-7,10-12,17,20,22,24H,4-5,8-9,13-16,18,27H2,(H,28,30). The highest BCUT2D eigenvalue weighted by Gasteiger charge is 2.29. The van der Waals surface area contributed by atoms with Crippen molar-refractivity contribution in [3.05, 3.63) is 65.7 Å². The maximum absolute atomic E-state index is 13.4. The van der Waals surface area contributed by atoms with Crippen molar-refractivity contribution in [2.24, 2.45) is 11.7 Å². The number of nitrogens with one attached hydrogen (secondary N) is 1. The van der Waals surface area contributed by atoms with Crippen LogP contribution in [0.4, 0.5) is 5.69 Å². The fourth-order valence-electron chi connectivity index (χ4n) is 4.90. The van der Waals surface area contributed by atoms with Crippen LogP contribution in [-0.2, 0) is 11.3 Å². The van der Waals surface area contributed by atoms with Gasteiger partial charge in [0.25, 0.3) is 5.91 Å². The minimum Gasteiger partial charge on any atom is -0.331 e. The zero-order valence-corrected chi connectivity index (χ0v) is 18.1. The molecule has 4 rings (SSSR count). The van der Waals surface area contributed by atoms with E-state index in [9.17, 15) is 9.59 Å². The van der Waals surface area contributed by atoms with E-state index in [4.69, 9.17) is 5.73 Å². The molecule has 164 valence electrons. The molecule has 0 radical (unpaired) electrons. The number of amides is 2. The van der Waals surface area contributed by atoms with Crippen LogP contribution in [0.2, 0.25) is 0 Å². The number of benzene rings is 2. The summed E-state index contributed by atoms with van der Waals surface area (Å²) in [6.07, 6.45) is 7.99. The third kappa shape index (κ3) is 5.53. The van der Waals surface area contributed by atoms with Crippen LogP contribution < -0.4 is 11.1 Å². The van der Waals surface area contributed by atoms with E-state index in [2.05, 4.69) is 5.32 Å². The highest BCUT2D eigenvalue weighted by molar-refractivity contribution is 5.94. The molecule has 2 aliphatic carbocycles. The van der Waals surface area contributed by atoms with Crippen LogP contribution in [0.1, 0.15) is 67.3 Å². The Morgan fingerprint density at radius 3 is 2.32 bits per heavy atom. The smallest absolute Gasteiger partial charge is 0.254 e. The fourth-order valence-corrected chi connectivity index (χ4v) is 4.90. The van der Waals surface area contributed by atoms with Crippen LogP contribution in [0.15, 0.2) is 54.6 Å². The third-order valence-corrected chi connectivity index (χ3v) is 6.74. The molecule has 0 saturated heterocycles.